The number of ether oxygens (including phenoxy) is 1. The average molecular weight is 418 g/mol. The monoisotopic (exact) mass is 418 g/mol. The first-order valence-corrected chi connectivity index (χ1v) is 10.6. The van der Waals surface area contributed by atoms with Gasteiger partial charge in [0.05, 0.1) is 5.52 Å². The van der Waals surface area contributed by atoms with Crippen LogP contribution in [0.1, 0.15) is 36.1 Å². The van der Waals surface area contributed by atoms with Crippen molar-refractivity contribution in [1.29, 1.82) is 0 Å². The number of nitrogens with zero attached hydrogens (tertiary/aromatic N) is 1. The molecule has 2 N–H and O–H groups in total. The van der Waals surface area contributed by atoms with Crippen LogP contribution in [0.5, 0.6) is 5.75 Å². The Morgan fingerprint density at radius 3 is 2.61 bits per heavy atom. The quantitative estimate of drug-likeness (QED) is 0.444. The number of nitrogens with one attached hydrogen (secondary N) is 1. The summed E-state index contributed by atoms with van der Waals surface area (Å²) in [7, 11) is 0. The van der Waals surface area contributed by atoms with Crippen LogP contribution in [0.25, 0.3) is 10.9 Å². The summed E-state index contributed by atoms with van der Waals surface area (Å²) in [5.74, 6) is -0.449. The van der Waals surface area contributed by atoms with Gasteiger partial charge in [-0.2, -0.15) is 0 Å². The van der Waals surface area contributed by atoms with Gasteiger partial charge in [-0.05, 0) is 49.6 Å². The van der Waals surface area contributed by atoms with Crippen LogP contribution in [0.15, 0.2) is 54.6 Å². The molecule has 1 heterocycles. The van der Waals surface area contributed by atoms with Crippen LogP contribution in [0.4, 0.5) is 0 Å². The molecule has 4 rings (SSSR count). The zero-order chi connectivity index (χ0) is 21.8. The first-order chi connectivity index (χ1) is 15.0. The smallest absolute Gasteiger partial charge is 0.247 e. The average Bonchev–Trinajstić information content (AvgIpc) is 3.28. The Hall–Kier alpha value is -3.25. The summed E-state index contributed by atoms with van der Waals surface area (Å²) < 4.78 is 5.98. The van der Waals surface area contributed by atoms with Gasteiger partial charge in [-0.15, -0.1) is 0 Å². The number of fused-ring (bicyclic) bond motifs is 1. The van der Waals surface area contributed by atoms with E-state index in [1.165, 1.54) is 0 Å². The highest BCUT2D eigenvalue weighted by molar-refractivity contribution is 5.90. The minimum atomic E-state index is -0.460. The number of hydroxylamine groups is 1. The number of Topliss-reactive ketones (excluding diaryl/α,β-unsaturated/α-hetero) is 1. The van der Waals surface area contributed by atoms with Gasteiger partial charge in [0.25, 0.3) is 0 Å². The fourth-order valence-corrected chi connectivity index (χ4v) is 4.45. The lowest BCUT2D eigenvalue weighted by molar-refractivity contribution is -0.138. The van der Waals surface area contributed by atoms with Gasteiger partial charge in [-0.1, -0.05) is 36.8 Å². The molecule has 1 saturated carbocycles. The summed E-state index contributed by atoms with van der Waals surface area (Å²) in [6.07, 6.45) is 2.43. The fraction of sp³-hybridized carbons (Fsp3) is 0.320. The molecule has 2 atom stereocenters. The van der Waals surface area contributed by atoms with Gasteiger partial charge in [0.15, 0.2) is 0 Å². The highest BCUT2D eigenvalue weighted by Crippen LogP contribution is 2.33. The lowest BCUT2D eigenvalue weighted by Crippen LogP contribution is -2.34. The van der Waals surface area contributed by atoms with Gasteiger partial charge in [0, 0.05) is 34.9 Å². The third-order valence-corrected chi connectivity index (χ3v) is 6.00. The molecule has 1 unspecified atom stereocenters. The molecule has 0 spiro atoms. The van der Waals surface area contributed by atoms with Gasteiger partial charge in [-0.25, -0.2) is 5.48 Å². The van der Waals surface area contributed by atoms with Crippen LogP contribution in [-0.2, 0) is 22.6 Å². The topological polar surface area (TPSA) is 88.5 Å². The van der Waals surface area contributed by atoms with Gasteiger partial charge < -0.3 is 4.74 Å². The number of rotatable bonds is 7. The second-order valence-corrected chi connectivity index (χ2v) is 8.14. The normalized spacial score (nSPS) is 18.1. The second-order valence-electron chi connectivity index (χ2n) is 8.14. The minimum Gasteiger partial charge on any atom is -0.489 e. The Balaban J connectivity index is 1.39. The fourth-order valence-electron chi connectivity index (χ4n) is 4.45. The van der Waals surface area contributed by atoms with Crippen molar-refractivity contribution in [3.63, 3.8) is 0 Å². The van der Waals surface area contributed by atoms with Crippen LogP contribution in [-0.4, -0.2) is 21.9 Å². The number of hydrogen-bond donors (Lipinski definition) is 2. The number of para-hydroxylation sites is 1. The molecule has 1 aliphatic carbocycles. The van der Waals surface area contributed by atoms with Crippen molar-refractivity contribution in [2.24, 2.45) is 11.8 Å². The molecule has 2 aromatic carbocycles. The molecule has 160 valence electrons. The molecule has 1 fully saturated rings. The third-order valence-electron chi connectivity index (χ3n) is 6.00. The molecule has 1 aromatic heterocycles. The van der Waals surface area contributed by atoms with E-state index in [0.29, 0.717) is 19.4 Å². The van der Waals surface area contributed by atoms with Crippen molar-refractivity contribution in [2.45, 2.75) is 39.2 Å². The maximum atomic E-state index is 12.7. The predicted molar refractivity (Wildman–Crippen MR) is 117 cm³/mol. The SMILES string of the molecule is Cc1cc(COc2ccc(CC(=O)C3CCC[C@@H]3C(=O)NO)cc2)c2ccccc2n1. The summed E-state index contributed by atoms with van der Waals surface area (Å²) in [6.45, 7) is 2.41. The van der Waals surface area contributed by atoms with Crippen LogP contribution < -0.4 is 10.2 Å². The predicted octanol–water partition coefficient (Wildman–Crippen LogP) is 4.16. The van der Waals surface area contributed by atoms with Crippen LogP contribution in [0.3, 0.4) is 0 Å². The number of aromatic nitrogens is 1. The van der Waals surface area contributed by atoms with E-state index in [0.717, 1.165) is 39.9 Å². The standard InChI is InChI=1S/C25H26N2O4/c1-16-13-18(20-5-2-3-8-23(20)26-16)15-31-19-11-9-17(10-12-19)14-24(28)21-6-4-7-22(21)25(29)27-30/h2-3,5,8-13,21-22,30H,4,6-7,14-15H2,1H3,(H,27,29)/t21?,22-/m0/s1. The summed E-state index contributed by atoms with van der Waals surface area (Å²) >= 11 is 0. The van der Waals surface area contributed by atoms with E-state index in [2.05, 4.69) is 4.98 Å². The van der Waals surface area contributed by atoms with Crippen molar-refractivity contribution >= 4 is 22.6 Å². The Bertz CT molecular complexity index is 1090. The number of ketones is 1. The highest BCUT2D eigenvalue weighted by Gasteiger charge is 2.37. The molecule has 3 aromatic rings. The number of pyridine rings is 1. The second kappa shape index (κ2) is 9.27. The molecule has 1 amide bonds. The van der Waals surface area contributed by atoms with E-state index in [4.69, 9.17) is 9.94 Å². The van der Waals surface area contributed by atoms with E-state index in [1.54, 1.807) is 5.48 Å². The third kappa shape index (κ3) is 4.75. The largest absolute Gasteiger partial charge is 0.489 e. The Morgan fingerprint density at radius 1 is 1.10 bits per heavy atom. The molecule has 6 heteroatoms. The van der Waals surface area contributed by atoms with Gasteiger partial charge in [-0.3, -0.25) is 19.8 Å². The lowest BCUT2D eigenvalue weighted by Gasteiger charge is -2.16. The molecule has 6 nitrogen and oxygen atoms in total. The molecule has 0 saturated heterocycles. The number of benzene rings is 2. The zero-order valence-corrected chi connectivity index (χ0v) is 17.5. The maximum Gasteiger partial charge on any atom is 0.247 e. The summed E-state index contributed by atoms with van der Waals surface area (Å²) in [5.41, 5.74) is 5.56. The number of carbonyl (C=O) groups excluding carboxylic acids is 2. The van der Waals surface area contributed by atoms with E-state index in [-0.39, 0.29) is 18.1 Å². The highest BCUT2D eigenvalue weighted by atomic mass is 16.5. The molecule has 0 aliphatic heterocycles. The Morgan fingerprint density at radius 2 is 1.84 bits per heavy atom. The van der Waals surface area contributed by atoms with Crippen molar-refractivity contribution in [3.8, 4) is 5.75 Å². The lowest BCUT2D eigenvalue weighted by atomic mass is 9.88. The Labute approximate surface area is 181 Å². The molecule has 0 radical (unpaired) electrons. The van der Waals surface area contributed by atoms with Crippen LogP contribution in [0, 0.1) is 18.8 Å². The van der Waals surface area contributed by atoms with Gasteiger partial charge in [0.1, 0.15) is 18.1 Å². The minimum absolute atomic E-state index is 0.0403. The number of carbonyl (C=O) groups is 2. The van der Waals surface area contributed by atoms with Crippen molar-refractivity contribution < 1.29 is 19.5 Å². The number of aryl methyl sites for hydroxylation is 1. The van der Waals surface area contributed by atoms with Crippen LogP contribution in [0.2, 0.25) is 0 Å². The number of hydrogen-bond acceptors (Lipinski definition) is 5. The van der Waals surface area contributed by atoms with E-state index < -0.39 is 11.8 Å². The summed E-state index contributed by atoms with van der Waals surface area (Å²) in [6, 6.07) is 17.6. The van der Waals surface area contributed by atoms with Crippen LogP contribution >= 0.6 is 0 Å². The van der Waals surface area contributed by atoms with E-state index in [9.17, 15) is 9.59 Å². The molecular weight excluding hydrogens is 392 g/mol. The van der Waals surface area contributed by atoms with Gasteiger partial charge >= 0.3 is 0 Å². The van der Waals surface area contributed by atoms with Crippen molar-refractivity contribution in [3.05, 3.63) is 71.4 Å². The maximum absolute atomic E-state index is 12.7. The number of amides is 1. The van der Waals surface area contributed by atoms with Crippen molar-refractivity contribution in [1.82, 2.24) is 10.5 Å². The zero-order valence-electron chi connectivity index (χ0n) is 17.5. The Kier molecular flexibility index (Phi) is 6.28. The van der Waals surface area contributed by atoms with Gasteiger partial charge in [0.2, 0.25) is 5.91 Å². The first-order valence-electron chi connectivity index (χ1n) is 10.6. The summed E-state index contributed by atoms with van der Waals surface area (Å²) in [5, 5.41) is 9.97. The first kappa shape index (κ1) is 21.0. The van der Waals surface area contributed by atoms with Crippen molar-refractivity contribution in [2.75, 3.05) is 0 Å². The molecular formula is C25H26N2O4. The molecule has 0 bridgehead atoms. The van der Waals surface area contributed by atoms with E-state index in [1.807, 2.05) is 61.5 Å². The van der Waals surface area contributed by atoms with E-state index >= 15 is 0 Å². The summed E-state index contributed by atoms with van der Waals surface area (Å²) in [4.78, 5) is 29.0. The molecule has 1 aliphatic rings. The molecule has 31 heavy (non-hydrogen) atoms.